The first-order valence-corrected chi connectivity index (χ1v) is 5.01. The Balaban J connectivity index is 1.95. The van der Waals surface area contributed by atoms with Gasteiger partial charge < -0.3 is 9.84 Å². The van der Waals surface area contributed by atoms with E-state index >= 15 is 0 Å². The largest absolute Gasteiger partial charge is 0.390 e. The van der Waals surface area contributed by atoms with Crippen molar-refractivity contribution in [2.24, 2.45) is 11.8 Å². The van der Waals surface area contributed by atoms with Crippen LogP contribution in [0.15, 0.2) is 0 Å². The van der Waals surface area contributed by atoms with E-state index in [2.05, 4.69) is 0 Å². The van der Waals surface area contributed by atoms with Crippen LogP contribution in [-0.2, 0) is 4.74 Å². The minimum absolute atomic E-state index is 0.399. The molecule has 2 nitrogen and oxygen atoms in total. The fraction of sp³-hybridized carbons (Fsp3) is 1.00. The molecule has 0 radical (unpaired) electrons. The standard InChI is InChI=1S/C10H18O2/c1-10(11,8-2-3-8)9-4-6-12-7-5-9/h8-9,11H,2-7H2,1H3/t10-/m0/s1. The van der Waals surface area contributed by atoms with Gasteiger partial charge >= 0.3 is 0 Å². The Morgan fingerprint density at radius 2 is 1.58 bits per heavy atom. The molecule has 0 aromatic heterocycles. The molecule has 1 N–H and O–H groups in total. The third kappa shape index (κ3) is 1.50. The quantitative estimate of drug-likeness (QED) is 0.681. The number of hydrogen-bond acceptors (Lipinski definition) is 2. The van der Waals surface area contributed by atoms with Crippen LogP contribution in [0.5, 0.6) is 0 Å². The summed E-state index contributed by atoms with van der Waals surface area (Å²) < 4.78 is 5.28. The maximum Gasteiger partial charge on any atom is 0.0677 e. The third-order valence-electron chi connectivity index (χ3n) is 3.45. The van der Waals surface area contributed by atoms with Crippen molar-refractivity contribution in [3.05, 3.63) is 0 Å². The van der Waals surface area contributed by atoms with Crippen LogP contribution in [0.1, 0.15) is 32.6 Å². The van der Waals surface area contributed by atoms with E-state index in [1.54, 1.807) is 0 Å². The molecule has 0 bridgehead atoms. The Hall–Kier alpha value is -0.0800. The SMILES string of the molecule is C[C@@](O)(C1CCOCC1)C1CC1. The van der Waals surface area contributed by atoms with Gasteiger partial charge in [0.2, 0.25) is 0 Å². The van der Waals surface area contributed by atoms with Gasteiger partial charge in [0.1, 0.15) is 0 Å². The lowest BCUT2D eigenvalue weighted by Gasteiger charge is -2.35. The summed E-state index contributed by atoms with van der Waals surface area (Å²) in [5, 5.41) is 10.2. The molecule has 2 heteroatoms. The van der Waals surface area contributed by atoms with E-state index in [9.17, 15) is 5.11 Å². The number of rotatable bonds is 2. The lowest BCUT2D eigenvalue weighted by atomic mass is 9.80. The summed E-state index contributed by atoms with van der Waals surface area (Å²) in [5.74, 6) is 1.07. The van der Waals surface area contributed by atoms with Crippen molar-refractivity contribution < 1.29 is 9.84 Å². The highest BCUT2D eigenvalue weighted by Crippen LogP contribution is 2.45. The smallest absolute Gasteiger partial charge is 0.0677 e. The molecule has 1 heterocycles. The topological polar surface area (TPSA) is 29.5 Å². The summed E-state index contributed by atoms with van der Waals surface area (Å²) in [5.41, 5.74) is -0.399. The van der Waals surface area contributed by atoms with E-state index in [0.717, 1.165) is 26.1 Å². The van der Waals surface area contributed by atoms with E-state index in [4.69, 9.17) is 4.74 Å². The van der Waals surface area contributed by atoms with Crippen molar-refractivity contribution in [1.29, 1.82) is 0 Å². The monoisotopic (exact) mass is 170 g/mol. The van der Waals surface area contributed by atoms with Gasteiger partial charge in [-0.15, -0.1) is 0 Å². The number of aliphatic hydroxyl groups is 1. The lowest BCUT2D eigenvalue weighted by Crippen LogP contribution is -2.40. The minimum Gasteiger partial charge on any atom is -0.390 e. The van der Waals surface area contributed by atoms with Crippen LogP contribution in [0.2, 0.25) is 0 Å². The molecule has 1 saturated carbocycles. The van der Waals surface area contributed by atoms with Crippen molar-refractivity contribution in [3.63, 3.8) is 0 Å². The molecule has 70 valence electrons. The second-order valence-corrected chi connectivity index (χ2v) is 4.39. The van der Waals surface area contributed by atoms with Crippen molar-refractivity contribution in [3.8, 4) is 0 Å². The average Bonchev–Trinajstić information content (AvgIpc) is 2.88. The molecular weight excluding hydrogens is 152 g/mol. The van der Waals surface area contributed by atoms with Crippen LogP contribution in [0, 0.1) is 11.8 Å². The van der Waals surface area contributed by atoms with Crippen molar-refractivity contribution in [2.75, 3.05) is 13.2 Å². The van der Waals surface area contributed by atoms with E-state index in [0.29, 0.717) is 11.8 Å². The van der Waals surface area contributed by atoms with Crippen LogP contribution in [0.3, 0.4) is 0 Å². The summed E-state index contributed by atoms with van der Waals surface area (Å²) in [6, 6.07) is 0. The first kappa shape index (κ1) is 8.52. The molecule has 12 heavy (non-hydrogen) atoms. The fourth-order valence-electron chi connectivity index (χ4n) is 2.28. The molecule has 2 aliphatic rings. The molecule has 0 aromatic carbocycles. The van der Waals surface area contributed by atoms with Gasteiger partial charge in [-0.1, -0.05) is 0 Å². The summed E-state index contributed by atoms with van der Waals surface area (Å²) in [4.78, 5) is 0. The maximum absolute atomic E-state index is 10.2. The highest BCUT2D eigenvalue weighted by atomic mass is 16.5. The Labute approximate surface area is 73.9 Å². The van der Waals surface area contributed by atoms with Crippen LogP contribution in [0.4, 0.5) is 0 Å². The second kappa shape index (κ2) is 3.00. The molecule has 0 unspecified atom stereocenters. The van der Waals surface area contributed by atoms with Gasteiger partial charge in [0.25, 0.3) is 0 Å². The molecule has 1 aliphatic carbocycles. The molecule has 0 aromatic rings. The Morgan fingerprint density at radius 1 is 1.08 bits per heavy atom. The molecule has 2 fully saturated rings. The summed E-state index contributed by atoms with van der Waals surface area (Å²) in [7, 11) is 0. The number of ether oxygens (including phenoxy) is 1. The summed E-state index contributed by atoms with van der Waals surface area (Å²) in [6.07, 6.45) is 4.54. The molecule has 1 atom stereocenters. The third-order valence-corrected chi connectivity index (χ3v) is 3.45. The molecular formula is C10H18O2. The van der Waals surface area contributed by atoms with Crippen LogP contribution >= 0.6 is 0 Å². The van der Waals surface area contributed by atoms with E-state index in [1.165, 1.54) is 12.8 Å². The van der Waals surface area contributed by atoms with Gasteiger partial charge in [-0.25, -0.2) is 0 Å². The fourth-order valence-corrected chi connectivity index (χ4v) is 2.28. The highest BCUT2D eigenvalue weighted by Gasteiger charge is 2.45. The zero-order chi connectivity index (χ0) is 8.60. The Morgan fingerprint density at radius 3 is 2.08 bits per heavy atom. The predicted molar refractivity (Wildman–Crippen MR) is 46.9 cm³/mol. The highest BCUT2D eigenvalue weighted by molar-refractivity contribution is 4.96. The van der Waals surface area contributed by atoms with E-state index < -0.39 is 5.60 Å². The predicted octanol–water partition coefficient (Wildman–Crippen LogP) is 1.57. The summed E-state index contributed by atoms with van der Waals surface area (Å²) >= 11 is 0. The molecule has 1 aliphatic heterocycles. The lowest BCUT2D eigenvalue weighted by molar-refractivity contribution is -0.0673. The van der Waals surface area contributed by atoms with Crippen LogP contribution in [0.25, 0.3) is 0 Å². The molecule has 2 rings (SSSR count). The second-order valence-electron chi connectivity index (χ2n) is 4.39. The average molecular weight is 170 g/mol. The summed E-state index contributed by atoms with van der Waals surface area (Å²) in [6.45, 7) is 3.70. The van der Waals surface area contributed by atoms with Crippen molar-refractivity contribution in [2.45, 2.75) is 38.2 Å². The van der Waals surface area contributed by atoms with Gasteiger partial charge in [0, 0.05) is 13.2 Å². The van der Waals surface area contributed by atoms with Gasteiger partial charge in [-0.3, -0.25) is 0 Å². The van der Waals surface area contributed by atoms with Crippen molar-refractivity contribution >= 4 is 0 Å². The molecule has 1 saturated heterocycles. The van der Waals surface area contributed by atoms with Crippen LogP contribution in [-0.4, -0.2) is 23.9 Å². The van der Waals surface area contributed by atoms with Gasteiger partial charge in [0.15, 0.2) is 0 Å². The van der Waals surface area contributed by atoms with Crippen molar-refractivity contribution in [1.82, 2.24) is 0 Å². The minimum atomic E-state index is -0.399. The zero-order valence-electron chi connectivity index (χ0n) is 7.75. The zero-order valence-corrected chi connectivity index (χ0v) is 7.75. The number of hydrogen-bond donors (Lipinski definition) is 1. The first-order valence-electron chi connectivity index (χ1n) is 5.01. The van der Waals surface area contributed by atoms with E-state index in [-0.39, 0.29) is 0 Å². The van der Waals surface area contributed by atoms with Gasteiger partial charge in [-0.05, 0) is 44.4 Å². The maximum atomic E-state index is 10.2. The first-order chi connectivity index (χ1) is 5.71. The molecule has 0 amide bonds. The van der Waals surface area contributed by atoms with E-state index in [1.807, 2.05) is 6.92 Å². The van der Waals surface area contributed by atoms with Gasteiger partial charge in [-0.2, -0.15) is 0 Å². The van der Waals surface area contributed by atoms with Gasteiger partial charge in [0.05, 0.1) is 5.60 Å². The molecule has 0 spiro atoms. The van der Waals surface area contributed by atoms with Crippen LogP contribution < -0.4 is 0 Å². The Bertz CT molecular complexity index is 155. The Kier molecular flexibility index (Phi) is 2.13. The normalized spacial score (nSPS) is 31.5.